The van der Waals surface area contributed by atoms with E-state index in [9.17, 15) is 19.5 Å². The summed E-state index contributed by atoms with van der Waals surface area (Å²) in [7, 11) is 0. The molecule has 0 aliphatic carbocycles. The third kappa shape index (κ3) is 4.19. The van der Waals surface area contributed by atoms with Gasteiger partial charge >= 0.3 is 5.97 Å². The maximum atomic E-state index is 12.3. The number of carboxylic acid groups (broad SMARTS) is 1. The summed E-state index contributed by atoms with van der Waals surface area (Å²) in [6.07, 6.45) is 5.26. The van der Waals surface area contributed by atoms with Crippen molar-refractivity contribution < 1.29 is 19.4 Å². The Hall–Kier alpha value is -4.27. The topological polar surface area (TPSA) is 128 Å². The first-order valence-corrected chi connectivity index (χ1v) is 10.8. The molecule has 9 heteroatoms. The number of nitrogens with zero attached hydrogens (tertiary/aromatic N) is 2. The molecular formula is C25H23N3O6. The number of aliphatic carboxylic acids is 1. The fourth-order valence-electron chi connectivity index (χ4n) is 3.74. The quantitative estimate of drug-likeness (QED) is 0.342. The van der Waals surface area contributed by atoms with Crippen LogP contribution in [0.4, 0.5) is 5.69 Å². The molecule has 2 aromatic carbocycles. The van der Waals surface area contributed by atoms with E-state index in [1.807, 2.05) is 12.1 Å². The molecule has 0 saturated heterocycles. The smallest absolute Gasteiger partial charge is 0.329 e. The highest BCUT2D eigenvalue weighted by Gasteiger charge is 2.40. The maximum absolute atomic E-state index is 12.3. The van der Waals surface area contributed by atoms with Crippen molar-refractivity contribution in [1.29, 1.82) is 0 Å². The number of carbonyl (C=O) groups is 1. The second-order valence-corrected chi connectivity index (χ2v) is 7.80. The lowest BCUT2D eigenvalue weighted by atomic mass is 9.87. The summed E-state index contributed by atoms with van der Waals surface area (Å²) >= 11 is 0. The van der Waals surface area contributed by atoms with Gasteiger partial charge in [0.2, 0.25) is 5.88 Å². The van der Waals surface area contributed by atoms with Crippen LogP contribution in [0.25, 0.3) is 10.8 Å². The van der Waals surface area contributed by atoms with E-state index in [1.54, 1.807) is 56.7 Å². The highest BCUT2D eigenvalue weighted by atomic mass is 16.5. The molecule has 0 unspecified atom stereocenters. The SMILES string of the molecule is CCOc1c(N[C@@](CC)(Cc2ccc(Oc3nccc4ccncc34)cc2)C(=O)O)c(=O)c1=O. The Kier molecular flexibility index (Phi) is 6.27. The number of benzene rings is 1. The molecule has 0 saturated carbocycles. The molecule has 2 heterocycles. The van der Waals surface area contributed by atoms with Gasteiger partial charge in [-0.2, -0.15) is 0 Å². The zero-order valence-electron chi connectivity index (χ0n) is 18.7. The first-order valence-electron chi connectivity index (χ1n) is 10.8. The number of anilines is 1. The Balaban J connectivity index is 1.56. The molecule has 1 atom stereocenters. The zero-order valence-corrected chi connectivity index (χ0v) is 18.7. The number of rotatable bonds is 10. The first kappa shape index (κ1) is 22.9. The summed E-state index contributed by atoms with van der Waals surface area (Å²) in [4.78, 5) is 44.5. The second-order valence-electron chi connectivity index (χ2n) is 7.80. The van der Waals surface area contributed by atoms with Crippen molar-refractivity contribution in [2.24, 2.45) is 0 Å². The molecule has 4 aromatic rings. The summed E-state index contributed by atoms with van der Waals surface area (Å²) < 4.78 is 11.1. The van der Waals surface area contributed by atoms with Gasteiger partial charge in [-0.1, -0.05) is 19.1 Å². The average molecular weight is 461 g/mol. The van der Waals surface area contributed by atoms with E-state index in [0.29, 0.717) is 17.2 Å². The number of pyridine rings is 2. The molecule has 0 amide bonds. The lowest BCUT2D eigenvalue weighted by molar-refractivity contribution is -0.142. The van der Waals surface area contributed by atoms with Crippen molar-refractivity contribution in [1.82, 2.24) is 9.97 Å². The van der Waals surface area contributed by atoms with E-state index in [0.717, 1.165) is 10.8 Å². The summed E-state index contributed by atoms with van der Waals surface area (Å²) in [5.74, 6) is -0.318. The molecule has 0 aliphatic rings. The van der Waals surface area contributed by atoms with Crippen LogP contribution < -0.4 is 25.6 Å². The van der Waals surface area contributed by atoms with E-state index in [1.165, 1.54) is 0 Å². The molecule has 0 fully saturated rings. The molecule has 9 nitrogen and oxygen atoms in total. The largest absolute Gasteiger partial charge is 0.488 e. The van der Waals surface area contributed by atoms with Gasteiger partial charge in [0, 0.05) is 25.0 Å². The van der Waals surface area contributed by atoms with E-state index in [-0.39, 0.29) is 30.9 Å². The highest BCUT2D eigenvalue weighted by molar-refractivity contribution is 5.86. The second kappa shape index (κ2) is 9.30. The van der Waals surface area contributed by atoms with Gasteiger partial charge < -0.3 is 19.9 Å². The van der Waals surface area contributed by atoms with E-state index in [4.69, 9.17) is 9.47 Å². The standard InChI is InChI=1S/C25H23N3O6/c1-3-25(24(31)32,28-19-20(29)21(30)22(19)33-4-2)13-15-5-7-17(8-6-15)34-23-18-14-26-11-9-16(18)10-12-27-23/h5-12,14,28H,3-4,13H2,1-2H3,(H,31,32)/t25-/m0/s1. The van der Waals surface area contributed by atoms with Crippen molar-refractivity contribution in [2.75, 3.05) is 11.9 Å². The van der Waals surface area contributed by atoms with Crippen molar-refractivity contribution in [3.8, 4) is 17.4 Å². The van der Waals surface area contributed by atoms with Crippen LogP contribution in [0.15, 0.2) is 64.6 Å². The lowest BCUT2D eigenvalue weighted by Crippen LogP contribution is -2.51. The minimum Gasteiger partial charge on any atom is -0.488 e. The van der Waals surface area contributed by atoms with Gasteiger partial charge in [-0.15, -0.1) is 0 Å². The molecule has 34 heavy (non-hydrogen) atoms. The molecule has 2 N–H and O–H groups in total. The number of hydrogen-bond acceptors (Lipinski definition) is 8. The van der Waals surface area contributed by atoms with E-state index >= 15 is 0 Å². The van der Waals surface area contributed by atoms with Gasteiger partial charge in [0.25, 0.3) is 10.9 Å². The monoisotopic (exact) mass is 461 g/mol. The molecule has 0 bridgehead atoms. The molecule has 0 aliphatic heterocycles. The maximum Gasteiger partial charge on any atom is 0.329 e. The van der Waals surface area contributed by atoms with Gasteiger partial charge in [-0.25, -0.2) is 9.78 Å². The molecular weight excluding hydrogens is 438 g/mol. The Bertz CT molecular complexity index is 1400. The van der Waals surface area contributed by atoms with Gasteiger partial charge in [0.1, 0.15) is 17.0 Å². The predicted octanol–water partition coefficient (Wildman–Crippen LogP) is 3.30. The van der Waals surface area contributed by atoms with Crippen LogP contribution in [0.3, 0.4) is 0 Å². The number of hydrogen-bond donors (Lipinski definition) is 2. The molecule has 0 spiro atoms. The van der Waals surface area contributed by atoms with Crippen LogP contribution in [0.5, 0.6) is 17.4 Å². The summed E-state index contributed by atoms with van der Waals surface area (Å²) in [5.41, 5.74) is -2.42. The van der Waals surface area contributed by atoms with Crippen LogP contribution in [-0.2, 0) is 11.2 Å². The minimum atomic E-state index is -1.50. The van der Waals surface area contributed by atoms with Crippen molar-refractivity contribution in [3.05, 3.63) is 81.0 Å². The summed E-state index contributed by atoms with van der Waals surface area (Å²) in [5, 5.41) is 14.5. The number of carboxylic acids is 1. The first-order chi connectivity index (χ1) is 16.4. The van der Waals surface area contributed by atoms with Crippen LogP contribution in [-0.4, -0.2) is 33.2 Å². The number of fused-ring (bicyclic) bond motifs is 1. The van der Waals surface area contributed by atoms with Crippen molar-refractivity contribution in [2.45, 2.75) is 32.2 Å². The van der Waals surface area contributed by atoms with Gasteiger partial charge in [-0.3, -0.25) is 14.6 Å². The third-order valence-electron chi connectivity index (χ3n) is 5.71. The number of aromatic nitrogens is 2. The Morgan fingerprint density at radius 1 is 1.06 bits per heavy atom. The highest BCUT2D eigenvalue weighted by Crippen LogP contribution is 2.30. The molecule has 4 rings (SSSR count). The average Bonchev–Trinajstić information content (AvgIpc) is 2.86. The Labute approximate surface area is 194 Å². The predicted molar refractivity (Wildman–Crippen MR) is 127 cm³/mol. The summed E-state index contributed by atoms with van der Waals surface area (Å²) in [6.45, 7) is 3.57. The third-order valence-corrected chi connectivity index (χ3v) is 5.71. The summed E-state index contributed by atoms with van der Waals surface area (Å²) in [6, 6.07) is 10.7. The molecule has 174 valence electrons. The fraction of sp³-hybridized carbons (Fsp3) is 0.240. The number of ether oxygens (including phenoxy) is 2. The Morgan fingerprint density at radius 2 is 1.79 bits per heavy atom. The zero-order chi connectivity index (χ0) is 24.3. The minimum absolute atomic E-state index is 0.0694. The van der Waals surface area contributed by atoms with Gasteiger partial charge in [0.05, 0.1) is 12.0 Å². The van der Waals surface area contributed by atoms with E-state index in [2.05, 4.69) is 15.3 Å². The van der Waals surface area contributed by atoms with Crippen LogP contribution in [0, 0.1) is 0 Å². The van der Waals surface area contributed by atoms with Crippen molar-refractivity contribution in [3.63, 3.8) is 0 Å². The van der Waals surface area contributed by atoms with E-state index < -0.39 is 22.4 Å². The van der Waals surface area contributed by atoms with Crippen LogP contribution >= 0.6 is 0 Å². The lowest BCUT2D eigenvalue weighted by Gasteiger charge is -2.31. The molecule has 2 aromatic heterocycles. The van der Waals surface area contributed by atoms with Gasteiger partial charge in [0.15, 0.2) is 5.75 Å². The van der Waals surface area contributed by atoms with Gasteiger partial charge in [-0.05, 0) is 48.6 Å². The van der Waals surface area contributed by atoms with Crippen molar-refractivity contribution >= 4 is 22.4 Å². The molecule has 0 radical (unpaired) electrons. The number of nitrogens with one attached hydrogen (secondary N) is 1. The Morgan fingerprint density at radius 3 is 2.47 bits per heavy atom. The fourth-order valence-corrected chi connectivity index (χ4v) is 3.74. The van der Waals surface area contributed by atoms with Crippen LogP contribution in [0.2, 0.25) is 0 Å². The van der Waals surface area contributed by atoms with Crippen LogP contribution in [0.1, 0.15) is 25.8 Å². The normalized spacial score (nSPS) is 12.9.